The molecule has 0 aromatic carbocycles. The van der Waals surface area contributed by atoms with E-state index in [1.54, 1.807) is 0 Å². The molecule has 0 rings (SSSR count). The zero-order valence-corrected chi connectivity index (χ0v) is 3.98. The van der Waals surface area contributed by atoms with Crippen LogP contribution in [0, 0.1) is 5.41 Å². The Labute approximate surface area is 42.4 Å². The van der Waals surface area contributed by atoms with E-state index in [1.165, 1.54) is 6.08 Å². The lowest BCUT2D eigenvalue weighted by atomic mass is 10.3. The van der Waals surface area contributed by atoms with Gasteiger partial charge in [-0.1, -0.05) is 6.58 Å². The molecule has 7 heavy (non-hydrogen) atoms. The molecule has 0 amide bonds. The monoisotopic (exact) mass is 97.1 g/mol. The minimum atomic E-state index is -0.102. The summed E-state index contributed by atoms with van der Waals surface area (Å²) < 4.78 is 0. The number of allylic oxidation sites excluding steroid dienone is 1. The molecule has 0 spiro atoms. The summed E-state index contributed by atoms with van der Waals surface area (Å²) in [7, 11) is 0. The highest BCUT2D eigenvalue weighted by Gasteiger charge is 1.85. The van der Waals surface area contributed by atoms with Crippen LogP contribution in [0.1, 0.15) is 6.42 Å². The smallest absolute Gasteiger partial charge is 0.160 e. The fourth-order valence-electron chi connectivity index (χ4n) is 0.184. The molecule has 2 nitrogen and oxygen atoms in total. The van der Waals surface area contributed by atoms with Gasteiger partial charge in [-0.3, -0.25) is 4.79 Å². The van der Waals surface area contributed by atoms with E-state index in [-0.39, 0.29) is 12.2 Å². The van der Waals surface area contributed by atoms with E-state index >= 15 is 0 Å². The van der Waals surface area contributed by atoms with Gasteiger partial charge in [-0.25, -0.2) is 0 Å². The first kappa shape index (κ1) is 6.08. The van der Waals surface area contributed by atoms with Crippen molar-refractivity contribution in [2.24, 2.45) is 0 Å². The first-order valence-electron chi connectivity index (χ1n) is 1.95. The third kappa shape index (κ3) is 2.89. The molecular weight excluding hydrogens is 90.1 g/mol. The molecule has 0 atom stereocenters. The van der Waals surface area contributed by atoms with Gasteiger partial charge >= 0.3 is 0 Å². The molecule has 0 aromatic rings. The van der Waals surface area contributed by atoms with Crippen LogP contribution < -0.4 is 0 Å². The summed E-state index contributed by atoms with van der Waals surface area (Å²) in [4.78, 5) is 10.1. The van der Waals surface area contributed by atoms with Crippen LogP contribution in [-0.2, 0) is 4.79 Å². The van der Waals surface area contributed by atoms with E-state index in [2.05, 4.69) is 6.58 Å². The number of rotatable bonds is 3. The second-order valence-corrected chi connectivity index (χ2v) is 1.08. The highest BCUT2D eigenvalue weighted by atomic mass is 16.1. The predicted molar refractivity (Wildman–Crippen MR) is 28.6 cm³/mol. The Morgan fingerprint density at radius 1 is 1.86 bits per heavy atom. The zero-order chi connectivity index (χ0) is 5.70. The third-order valence-corrected chi connectivity index (χ3v) is 0.531. The van der Waals surface area contributed by atoms with E-state index < -0.39 is 0 Å². The van der Waals surface area contributed by atoms with Crippen LogP contribution in [0.2, 0.25) is 0 Å². The van der Waals surface area contributed by atoms with Gasteiger partial charge in [0.05, 0.1) is 0 Å². The highest BCUT2D eigenvalue weighted by Crippen LogP contribution is 1.75. The highest BCUT2D eigenvalue weighted by molar-refractivity contribution is 5.97. The summed E-state index contributed by atoms with van der Waals surface area (Å²) in [5.74, 6) is -0.102. The van der Waals surface area contributed by atoms with Crippen molar-refractivity contribution < 1.29 is 4.79 Å². The van der Waals surface area contributed by atoms with Crippen LogP contribution >= 0.6 is 0 Å². The molecular formula is C5H7NO. The number of ketones is 1. The summed E-state index contributed by atoms with van der Waals surface area (Å²) in [5.41, 5.74) is 0. The molecule has 0 radical (unpaired) electrons. The van der Waals surface area contributed by atoms with Crippen LogP contribution in [-0.4, -0.2) is 12.0 Å². The fraction of sp³-hybridized carbons (Fsp3) is 0.200. The van der Waals surface area contributed by atoms with Crippen LogP contribution in [0.15, 0.2) is 12.7 Å². The maximum Gasteiger partial charge on any atom is 0.160 e. The van der Waals surface area contributed by atoms with Crippen molar-refractivity contribution in [2.45, 2.75) is 6.42 Å². The van der Waals surface area contributed by atoms with Gasteiger partial charge in [-0.15, -0.1) is 0 Å². The molecule has 1 N–H and O–H groups in total. The molecule has 38 valence electrons. The van der Waals surface area contributed by atoms with E-state index in [0.29, 0.717) is 0 Å². The number of hydrogen-bond acceptors (Lipinski definition) is 2. The minimum Gasteiger partial charge on any atom is -0.313 e. The molecule has 2 heteroatoms. The molecule has 0 unspecified atom stereocenters. The maximum absolute atomic E-state index is 10.1. The average molecular weight is 97.1 g/mol. The Morgan fingerprint density at radius 2 is 2.43 bits per heavy atom. The van der Waals surface area contributed by atoms with Gasteiger partial charge in [0.1, 0.15) is 0 Å². The zero-order valence-electron chi connectivity index (χ0n) is 3.98. The van der Waals surface area contributed by atoms with E-state index in [9.17, 15) is 4.79 Å². The van der Waals surface area contributed by atoms with E-state index in [1.807, 2.05) is 0 Å². The quantitative estimate of drug-likeness (QED) is 0.410. The second kappa shape index (κ2) is 3.28. The Kier molecular flexibility index (Phi) is 2.85. The lowest BCUT2D eigenvalue weighted by Crippen LogP contribution is -1.89. The van der Waals surface area contributed by atoms with Gasteiger partial charge in [-0.2, -0.15) is 0 Å². The average Bonchev–Trinajstić information content (AvgIpc) is 1.68. The van der Waals surface area contributed by atoms with Crippen LogP contribution in [0.5, 0.6) is 0 Å². The number of carbonyl (C=O) groups is 1. The van der Waals surface area contributed by atoms with Crippen LogP contribution in [0.4, 0.5) is 0 Å². The van der Waals surface area contributed by atoms with Gasteiger partial charge in [0.15, 0.2) is 5.78 Å². The van der Waals surface area contributed by atoms with Crippen molar-refractivity contribution in [1.82, 2.24) is 0 Å². The Balaban J connectivity index is 3.36. The lowest BCUT2D eigenvalue weighted by molar-refractivity contribution is -0.113. The molecule has 0 aromatic heterocycles. The van der Waals surface area contributed by atoms with Crippen molar-refractivity contribution in [1.29, 1.82) is 5.41 Å². The summed E-state index contributed by atoms with van der Waals surface area (Å²) in [6, 6.07) is 0. The van der Waals surface area contributed by atoms with Gasteiger partial charge < -0.3 is 5.41 Å². The fourth-order valence-corrected chi connectivity index (χ4v) is 0.184. The van der Waals surface area contributed by atoms with Gasteiger partial charge in [0, 0.05) is 12.6 Å². The Bertz CT molecular complexity index is 96.3. The van der Waals surface area contributed by atoms with Gasteiger partial charge in [0.25, 0.3) is 0 Å². The molecule has 0 bridgehead atoms. The van der Waals surface area contributed by atoms with Crippen molar-refractivity contribution >= 4 is 12.0 Å². The number of carbonyl (C=O) groups excluding carboxylic acids is 1. The molecule has 0 saturated heterocycles. The van der Waals surface area contributed by atoms with Gasteiger partial charge in [0.2, 0.25) is 0 Å². The largest absolute Gasteiger partial charge is 0.313 e. The topological polar surface area (TPSA) is 40.9 Å². The molecule has 0 aliphatic carbocycles. The molecule has 0 aliphatic rings. The number of nitrogens with one attached hydrogen (secondary N) is 1. The van der Waals surface area contributed by atoms with Crippen LogP contribution in [0.3, 0.4) is 0 Å². The standard InChI is InChI=1S/C5H7NO/c1-2-5(7)3-4-6/h2,4,6H,1,3H2. The first-order chi connectivity index (χ1) is 3.31. The Hall–Kier alpha value is -0.920. The van der Waals surface area contributed by atoms with Crippen molar-refractivity contribution in [2.75, 3.05) is 0 Å². The Morgan fingerprint density at radius 3 is 2.57 bits per heavy atom. The summed E-state index contributed by atoms with van der Waals surface area (Å²) in [5, 5.41) is 6.44. The predicted octanol–water partition coefficient (Wildman–Crippen LogP) is 0.781. The molecule has 0 aliphatic heterocycles. The molecule has 0 saturated carbocycles. The van der Waals surface area contributed by atoms with E-state index in [4.69, 9.17) is 5.41 Å². The van der Waals surface area contributed by atoms with Gasteiger partial charge in [-0.05, 0) is 6.08 Å². The number of hydrogen-bond donors (Lipinski definition) is 1. The summed E-state index contributed by atoms with van der Waals surface area (Å²) >= 11 is 0. The second-order valence-electron chi connectivity index (χ2n) is 1.08. The third-order valence-electron chi connectivity index (χ3n) is 0.531. The van der Waals surface area contributed by atoms with Crippen molar-refractivity contribution in [3.05, 3.63) is 12.7 Å². The van der Waals surface area contributed by atoms with Crippen molar-refractivity contribution in [3.63, 3.8) is 0 Å². The van der Waals surface area contributed by atoms with E-state index in [0.717, 1.165) is 6.21 Å². The summed E-state index contributed by atoms with van der Waals surface area (Å²) in [6.07, 6.45) is 2.46. The first-order valence-corrected chi connectivity index (χ1v) is 1.95. The molecule has 0 heterocycles. The minimum absolute atomic E-state index is 0.102. The van der Waals surface area contributed by atoms with Crippen LogP contribution in [0.25, 0.3) is 0 Å². The summed E-state index contributed by atoms with van der Waals surface area (Å²) in [6.45, 7) is 3.23. The molecule has 0 fully saturated rings. The van der Waals surface area contributed by atoms with Crippen molar-refractivity contribution in [3.8, 4) is 0 Å². The normalized spacial score (nSPS) is 7.43. The maximum atomic E-state index is 10.1. The lowest BCUT2D eigenvalue weighted by Gasteiger charge is -1.77. The SMILES string of the molecule is C=CC(=O)CC=N.